The Bertz CT molecular complexity index is 2230. The maximum atomic E-state index is 14.4. The molecule has 2 atom stereocenters. The third-order valence-corrected chi connectivity index (χ3v) is 14.3. The first-order chi connectivity index (χ1) is 31.4. The van der Waals surface area contributed by atoms with Gasteiger partial charge >= 0.3 is 0 Å². The minimum Gasteiger partial charge on any atom is -0.369 e. The van der Waals surface area contributed by atoms with E-state index in [2.05, 4.69) is 63.4 Å². The Labute approximate surface area is 386 Å². The Morgan fingerprint density at radius 2 is 0.815 bits per heavy atom. The number of Topliss-reactive ketones (excluding diaryl/α,β-unsaturated/α-hetero) is 2. The van der Waals surface area contributed by atoms with Crippen LogP contribution in [-0.4, -0.2) is 161 Å². The number of likely N-dealkylation sites (N-methyl/N-ethyl adjacent to an activating group) is 2. The number of carbonyl (C=O) groups is 4. The number of ketones is 2. The fraction of sp³-hybridized carbons (Fsp3) is 0.472. The van der Waals surface area contributed by atoms with E-state index in [0.29, 0.717) is 74.1 Å². The number of amides is 2. The Kier molecular flexibility index (Phi) is 15.6. The highest BCUT2D eigenvalue weighted by molar-refractivity contribution is 6.04. The third kappa shape index (κ3) is 10.5. The molecule has 0 saturated carbocycles. The van der Waals surface area contributed by atoms with Crippen molar-refractivity contribution in [3.63, 3.8) is 0 Å². The van der Waals surface area contributed by atoms with E-state index in [0.717, 1.165) is 81.3 Å². The standard InChI is InChI=1S/C53H70N8O4/c1-7-25-53(57(5)6,49(63)43-19-23-47(24-20-43)59-32-28-55-29-33-59)39-41-11-15-45(16-12-41)51(65)61-36-34-60(35-37-61)50(64)44-13-9-40(10-14-44)38-52(8-2,56(3)4)48(62)42-17-21-46(22-18-42)58-30-26-54-27-31-58/h9-24,54-55H,7-8,25-39H2,1-6H3. The third-order valence-electron chi connectivity index (χ3n) is 14.3. The van der Waals surface area contributed by atoms with Crippen LogP contribution in [0.3, 0.4) is 0 Å². The summed E-state index contributed by atoms with van der Waals surface area (Å²) in [5, 5.41) is 6.79. The van der Waals surface area contributed by atoms with Crippen LogP contribution >= 0.6 is 0 Å². The quantitative estimate of drug-likeness (QED) is 0.127. The van der Waals surface area contributed by atoms with E-state index in [1.165, 1.54) is 0 Å². The fourth-order valence-electron chi connectivity index (χ4n) is 10.0. The molecule has 2 N–H and O–H groups in total. The van der Waals surface area contributed by atoms with Crippen molar-refractivity contribution in [3.05, 3.63) is 130 Å². The Balaban J connectivity index is 0.942. The lowest BCUT2D eigenvalue weighted by Crippen LogP contribution is -2.53. The molecular formula is C53H70N8O4. The van der Waals surface area contributed by atoms with Gasteiger partial charge in [-0.05, 0) is 138 Å². The van der Waals surface area contributed by atoms with Crippen molar-refractivity contribution in [2.24, 2.45) is 0 Å². The van der Waals surface area contributed by atoms with E-state index in [1.807, 2.05) is 116 Å². The second-order valence-electron chi connectivity index (χ2n) is 18.5. The van der Waals surface area contributed by atoms with Gasteiger partial charge in [-0.15, -0.1) is 0 Å². The first kappa shape index (κ1) is 47.6. The number of rotatable bonds is 17. The summed E-state index contributed by atoms with van der Waals surface area (Å²) < 4.78 is 0. The summed E-state index contributed by atoms with van der Waals surface area (Å²) in [6.45, 7) is 13.6. The molecule has 3 aliphatic heterocycles. The highest BCUT2D eigenvalue weighted by Crippen LogP contribution is 2.32. The number of carbonyl (C=O) groups excluding carboxylic acids is 4. The lowest BCUT2D eigenvalue weighted by Gasteiger charge is -2.39. The molecule has 7 rings (SSSR count). The summed E-state index contributed by atoms with van der Waals surface area (Å²) in [6, 6.07) is 31.5. The maximum Gasteiger partial charge on any atom is 0.253 e. The van der Waals surface area contributed by atoms with Gasteiger partial charge in [-0.1, -0.05) is 44.5 Å². The van der Waals surface area contributed by atoms with E-state index in [4.69, 9.17) is 0 Å². The van der Waals surface area contributed by atoms with E-state index in [-0.39, 0.29) is 23.4 Å². The minimum absolute atomic E-state index is 0.0635. The number of piperazine rings is 3. The van der Waals surface area contributed by atoms with Crippen LogP contribution < -0.4 is 20.4 Å². The van der Waals surface area contributed by atoms with Gasteiger partial charge in [0.25, 0.3) is 11.8 Å². The molecule has 4 aromatic carbocycles. The number of anilines is 2. The van der Waals surface area contributed by atoms with Crippen molar-refractivity contribution >= 4 is 34.8 Å². The van der Waals surface area contributed by atoms with Gasteiger partial charge in [0.2, 0.25) is 0 Å². The van der Waals surface area contributed by atoms with Crippen LogP contribution in [0.1, 0.15) is 85.7 Å². The van der Waals surface area contributed by atoms with Crippen molar-refractivity contribution < 1.29 is 19.2 Å². The molecule has 0 aromatic heterocycles. The normalized spacial score (nSPS) is 17.8. The number of nitrogens with zero attached hydrogens (tertiary/aromatic N) is 6. The summed E-state index contributed by atoms with van der Waals surface area (Å²) in [4.78, 5) is 68.5. The predicted molar refractivity (Wildman–Crippen MR) is 262 cm³/mol. The lowest BCUT2D eigenvalue weighted by atomic mass is 9.79. The SMILES string of the molecule is CCCC(Cc1ccc(C(=O)N2CCN(C(=O)c3ccc(CC(CC)(C(=O)c4ccc(N5CCNCC5)cc4)N(C)C)cc3)CC2)cc1)(C(=O)c1ccc(N2CCNCC2)cc1)N(C)C. The zero-order valence-electron chi connectivity index (χ0n) is 39.6. The van der Waals surface area contributed by atoms with Gasteiger partial charge in [0.15, 0.2) is 11.6 Å². The first-order valence-electron chi connectivity index (χ1n) is 23.7. The summed E-state index contributed by atoms with van der Waals surface area (Å²) in [5.74, 6) is 0.0720. The van der Waals surface area contributed by atoms with Gasteiger partial charge in [-0.25, -0.2) is 0 Å². The van der Waals surface area contributed by atoms with E-state index in [1.54, 1.807) is 0 Å². The molecule has 12 nitrogen and oxygen atoms in total. The number of nitrogens with one attached hydrogen (secondary N) is 2. The van der Waals surface area contributed by atoms with Crippen LogP contribution in [0.2, 0.25) is 0 Å². The van der Waals surface area contributed by atoms with Gasteiger partial charge in [-0.2, -0.15) is 0 Å². The largest absolute Gasteiger partial charge is 0.369 e. The smallest absolute Gasteiger partial charge is 0.253 e. The van der Waals surface area contributed by atoms with Gasteiger partial charge in [0, 0.05) is 112 Å². The summed E-state index contributed by atoms with van der Waals surface area (Å²) in [5.41, 5.74) is 5.39. The van der Waals surface area contributed by atoms with Gasteiger partial charge in [-0.3, -0.25) is 29.0 Å². The second-order valence-corrected chi connectivity index (χ2v) is 18.5. The zero-order valence-corrected chi connectivity index (χ0v) is 39.6. The fourth-order valence-corrected chi connectivity index (χ4v) is 10.0. The number of benzene rings is 4. The highest BCUT2D eigenvalue weighted by atomic mass is 16.2. The van der Waals surface area contributed by atoms with Gasteiger partial charge < -0.3 is 30.2 Å². The average Bonchev–Trinajstić information content (AvgIpc) is 3.35. The molecule has 3 aliphatic rings. The molecule has 0 bridgehead atoms. The Morgan fingerprint density at radius 3 is 1.15 bits per heavy atom. The molecule has 346 valence electrons. The van der Waals surface area contributed by atoms with Crippen molar-refractivity contribution in [3.8, 4) is 0 Å². The lowest BCUT2D eigenvalue weighted by molar-refractivity contribution is 0.0535. The van der Waals surface area contributed by atoms with E-state index >= 15 is 0 Å². The van der Waals surface area contributed by atoms with Crippen molar-refractivity contribution in [1.29, 1.82) is 0 Å². The average molecular weight is 883 g/mol. The molecule has 65 heavy (non-hydrogen) atoms. The number of hydrogen-bond acceptors (Lipinski definition) is 10. The molecule has 4 aromatic rings. The molecule has 0 spiro atoms. The number of hydrogen-bond donors (Lipinski definition) is 2. The van der Waals surface area contributed by atoms with Gasteiger partial charge in [0.1, 0.15) is 0 Å². The van der Waals surface area contributed by atoms with E-state index < -0.39 is 11.1 Å². The molecule has 12 heteroatoms. The predicted octanol–water partition coefficient (Wildman–Crippen LogP) is 5.77. The minimum atomic E-state index is -0.741. The monoisotopic (exact) mass is 883 g/mol. The highest BCUT2D eigenvalue weighted by Gasteiger charge is 2.41. The Morgan fingerprint density at radius 1 is 0.477 bits per heavy atom. The van der Waals surface area contributed by atoms with Gasteiger partial charge in [0.05, 0.1) is 11.1 Å². The van der Waals surface area contributed by atoms with Crippen LogP contribution in [0.5, 0.6) is 0 Å². The Hall–Kier alpha value is -5.40. The van der Waals surface area contributed by atoms with Crippen LogP contribution in [0.15, 0.2) is 97.1 Å². The first-order valence-corrected chi connectivity index (χ1v) is 23.7. The molecule has 3 heterocycles. The van der Waals surface area contributed by atoms with Crippen LogP contribution in [0, 0.1) is 0 Å². The molecule has 0 radical (unpaired) electrons. The van der Waals surface area contributed by atoms with Crippen molar-refractivity contribution in [2.45, 2.75) is 57.0 Å². The van der Waals surface area contributed by atoms with Crippen molar-refractivity contribution in [1.82, 2.24) is 30.2 Å². The zero-order chi connectivity index (χ0) is 46.1. The molecule has 2 unspecified atom stereocenters. The van der Waals surface area contributed by atoms with Crippen LogP contribution in [-0.2, 0) is 12.8 Å². The molecule has 2 amide bonds. The molecule has 3 saturated heterocycles. The summed E-state index contributed by atoms with van der Waals surface area (Å²) in [6.07, 6.45) is 3.24. The summed E-state index contributed by atoms with van der Waals surface area (Å²) in [7, 11) is 7.91. The van der Waals surface area contributed by atoms with E-state index in [9.17, 15) is 19.2 Å². The summed E-state index contributed by atoms with van der Waals surface area (Å²) >= 11 is 0. The maximum absolute atomic E-state index is 14.4. The van der Waals surface area contributed by atoms with Crippen molar-refractivity contribution in [2.75, 3.05) is 117 Å². The topological polar surface area (TPSA) is 112 Å². The van der Waals surface area contributed by atoms with Crippen LogP contribution in [0.25, 0.3) is 0 Å². The molecule has 3 fully saturated rings. The molecular weight excluding hydrogens is 813 g/mol. The molecule has 0 aliphatic carbocycles. The second kappa shape index (κ2) is 21.3. The van der Waals surface area contributed by atoms with Crippen LogP contribution in [0.4, 0.5) is 11.4 Å².